The van der Waals surface area contributed by atoms with Gasteiger partial charge < -0.3 is 10.6 Å². The van der Waals surface area contributed by atoms with Gasteiger partial charge in [-0.25, -0.2) is 0 Å². The van der Waals surface area contributed by atoms with Crippen LogP contribution in [0.15, 0.2) is 30.3 Å². The SMILES string of the molecule is CCCCN(CCCC)C(=O)[C@]1(c2ccccc2)C[C@@H]1CN. The second-order valence-corrected chi connectivity index (χ2v) is 6.47. The standard InChI is InChI=1S/C19H30N2O/c1-3-5-12-21(13-6-4-2)18(22)19(14-17(19)15-20)16-10-8-7-9-11-16/h7-11,17H,3-6,12-15,20H2,1-2H3/t17-,19+/m1/s1. The average Bonchev–Trinajstić information content (AvgIpc) is 3.31. The molecule has 1 aliphatic rings. The normalized spacial score (nSPS) is 23.3. The maximum atomic E-state index is 13.3. The predicted octanol–water partition coefficient (Wildman–Crippen LogP) is 3.33. The lowest BCUT2D eigenvalue weighted by atomic mass is 9.91. The van der Waals surface area contributed by atoms with Crippen LogP contribution >= 0.6 is 0 Å². The third-order valence-electron chi connectivity index (χ3n) is 4.91. The molecule has 3 nitrogen and oxygen atoms in total. The molecule has 0 spiro atoms. The van der Waals surface area contributed by atoms with Gasteiger partial charge in [-0.1, -0.05) is 57.0 Å². The molecule has 2 rings (SSSR count). The molecule has 1 saturated carbocycles. The number of carbonyl (C=O) groups excluding carboxylic acids is 1. The summed E-state index contributed by atoms with van der Waals surface area (Å²) >= 11 is 0. The van der Waals surface area contributed by atoms with Gasteiger partial charge in [-0.05, 0) is 37.3 Å². The minimum Gasteiger partial charge on any atom is -0.342 e. The molecular weight excluding hydrogens is 272 g/mol. The number of hydrogen-bond donors (Lipinski definition) is 1. The molecule has 1 aliphatic carbocycles. The summed E-state index contributed by atoms with van der Waals surface area (Å²) in [5, 5.41) is 0. The first-order valence-electron chi connectivity index (χ1n) is 8.75. The lowest BCUT2D eigenvalue weighted by Gasteiger charge is -2.28. The fraction of sp³-hybridized carbons (Fsp3) is 0.632. The van der Waals surface area contributed by atoms with Crippen LogP contribution in [0.1, 0.15) is 51.5 Å². The van der Waals surface area contributed by atoms with Gasteiger partial charge in [0.2, 0.25) is 5.91 Å². The van der Waals surface area contributed by atoms with E-state index in [1.807, 2.05) is 18.2 Å². The second kappa shape index (κ2) is 7.77. The summed E-state index contributed by atoms with van der Waals surface area (Å²) < 4.78 is 0. The van der Waals surface area contributed by atoms with Gasteiger partial charge in [-0.3, -0.25) is 4.79 Å². The zero-order valence-corrected chi connectivity index (χ0v) is 14.1. The highest BCUT2D eigenvalue weighted by Gasteiger charge is 2.61. The summed E-state index contributed by atoms with van der Waals surface area (Å²) in [6.07, 6.45) is 5.30. The quantitative estimate of drug-likeness (QED) is 0.760. The molecule has 1 aromatic carbocycles. The Morgan fingerprint density at radius 2 is 1.77 bits per heavy atom. The van der Waals surface area contributed by atoms with Gasteiger partial charge in [-0.15, -0.1) is 0 Å². The highest BCUT2D eigenvalue weighted by atomic mass is 16.2. The molecule has 2 N–H and O–H groups in total. The smallest absolute Gasteiger partial charge is 0.233 e. The van der Waals surface area contributed by atoms with E-state index < -0.39 is 0 Å². The van der Waals surface area contributed by atoms with Crippen molar-refractivity contribution in [2.75, 3.05) is 19.6 Å². The Morgan fingerprint density at radius 1 is 1.18 bits per heavy atom. The molecule has 1 aromatic rings. The third kappa shape index (κ3) is 3.35. The van der Waals surface area contributed by atoms with Crippen molar-refractivity contribution in [3.8, 4) is 0 Å². The van der Waals surface area contributed by atoms with E-state index >= 15 is 0 Å². The van der Waals surface area contributed by atoms with E-state index in [4.69, 9.17) is 5.73 Å². The fourth-order valence-electron chi connectivity index (χ4n) is 3.38. The topological polar surface area (TPSA) is 46.3 Å². The zero-order chi connectivity index (χ0) is 16.0. The van der Waals surface area contributed by atoms with Crippen LogP contribution in [0.2, 0.25) is 0 Å². The Labute approximate surface area is 134 Å². The maximum absolute atomic E-state index is 13.3. The number of hydrogen-bond acceptors (Lipinski definition) is 2. The molecule has 22 heavy (non-hydrogen) atoms. The summed E-state index contributed by atoms with van der Waals surface area (Å²) in [6.45, 7) is 6.70. The molecule has 0 heterocycles. The number of nitrogens with zero attached hydrogens (tertiary/aromatic N) is 1. The van der Waals surface area contributed by atoms with Gasteiger partial charge in [0.25, 0.3) is 0 Å². The molecule has 2 atom stereocenters. The molecule has 0 unspecified atom stereocenters. The van der Waals surface area contributed by atoms with Crippen molar-refractivity contribution < 1.29 is 4.79 Å². The minimum absolute atomic E-state index is 0.299. The molecule has 122 valence electrons. The van der Waals surface area contributed by atoms with Gasteiger partial charge in [0, 0.05) is 13.1 Å². The van der Waals surface area contributed by atoms with Crippen molar-refractivity contribution >= 4 is 5.91 Å². The van der Waals surface area contributed by atoms with E-state index in [0.29, 0.717) is 18.4 Å². The third-order valence-corrected chi connectivity index (χ3v) is 4.91. The molecule has 1 amide bonds. The van der Waals surface area contributed by atoms with Crippen LogP contribution in [0.5, 0.6) is 0 Å². The van der Waals surface area contributed by atoms with Crippen molar-refractivity contribution in [2.45, 2.75) is 51.4 Å². The van der Waals surface area contributed by atoms with Crippen LogP contribution < -0.4 is 5.73 Å². The van der Waals surface area contributed by atoms with Crippen LogP contribution in [0.3, 0.4) is 0 Å². The fourth-order valence-corrected chi connectivity index (χ4v) is 3.38. The summed E-state index contributed by atoms with van der Waals surface area (Å²) in [4.78, 5) is 15.4. The lowest BCUT2D eigenvalue weighted by molar-refractivity contribution is -0.134. The van der Waals surface area contributed by atoms with Crippen LogP contribution in [0, 0.1) is 5.92 Å². The number of carbonyl (C=O) groups is 1. The highest BCUT2D eigenvalue weighted by molar-refractivity contribution is 5.92. The molecule has 0 saturated heterocycles. The van der Waals surface area contributed by atoms with Gasteiger partial charge in [0.05, 0.1) is 5.41 Å². The Hall–Kier alpha value is -1.35. The molecule has 0 bridgehead atoms. The van der Waals surface area contributed by atoms with Crippen LogP contribution in [0.25, 0.3) is 0 Å². The Bertz CT molecular complexity index is 466. The number of amides is 1. The Morgan fingerprint density at radius 3 is 2.23 bits per heavy atom. The molecule has 0 radical (unpaired) electrons. The predicted molar refractivity (Wildman–Crippen MR) is 91.7 cm³/mol. The number of nitrogens with two attached hydrogens (primary N) is 1. The Kier molecular flexibility index (Phi) is 6.01. The number of benzene rings is 1. The van der Waals surface area contributed by atoms with Crippen LogP contribution in [-0.2, 0) is 10.2 Å². The largest absolute Gasteiger partial charge is 0.342 e. The molecule has 0 aliphatic heterocycles. The van der Waals surface area contributed by atoms with E-state index in [1.165, 1.54) is 0 Å². The summed E-state index contributed by atoms with van der Waals surface area (Å²) in [5.74, 6) is 0.601. The lowest BCUT2D eigenvalue weighted by Crippen LogP contribution is -2.42. The van der Waals surface area contributed by atoms with E-state index in [0.717, 1.165) is 50.8 Å². The maximum Gasteiger partial charge on any atom is 0.233 e. The summed E-state index contributed by atoms with van der Waals surface area (Å²) in [6, 6.07) is 10.2. The highest BCUT2D eigenvalue weighted by Crippen LogP contribution is 2.55. The monoisotopic (exact) mass is 302 g/mol. The average molecular weight is 302 g/mol. The van der Waals surface area contributed by atoms with E-state index in [1.54, 1.807) is 0 Å². The Balaban J connectivity index is 2.21. The zero-order valence-electron chi connectivity index (χ0n) is 14.1. The van der Waals surface area contributed by atoms with E-state index in [2.05, 4.69) is 30.9 Å². The molecular formula is C19H30N2O. The number of rotatable bonds is 9. The van der Waals surface area contributed by atoms with Crippen molar-refractivity contribution in [2.24, 2.45) is 11.7 Å². The summed E-state index contributed by atoms with van der Waals surface area (Å²) in [5.41, 5.74) is 6.71. The molecule has 0 aromatic heterocycles. The first-order chi connectivity index (χ1) is 10.7. The number of unbranched alkanes of at least 4 members (excludes halogenated alkanes) is 2. The van der Waals surface area contributed by atoms with Crippen LogP contribution in [0.4, 0.5) is 0 Å². The van der Waals surface area contributed by atoms with Gasteiger partial charge in [0.1, 0.15) is 0 Å². The van der Waals surface area contributed by atoms with E-state index in [-0.39, 0.29) is 5.41 Å². The van der Waals surface area contributed by atoms with Crippen molar-refractivity contribution in [3.05, 3.63) is 35.9 Å². The summed E-state index contributed by atoms with van der Waals surface area (Å²) in [7, 11) is 0. The first-order valence-corrected chi connectivity index (χ1v) is 8.75. The van der Waals surface area contributed by atoms with Crippen molar-refractivity contribution in [1.82, 2.24) is 4.90 Å². The van der Waals surface area contributed by atoms with Crippen LogP contribution in [-0.4, -0.2) is 30.4 Å². The molecule has 1 fully saturated rings. The van der Waals surface area contributed by atoms with Gasteiger partial charge >= 0.3 is 0 Å². The van der Waals surface area contributed by atoms with Crippen molar-refractivity contribution in [1.29, 1.82) is 0 Å². The van der Waals surface area contributed by atoms with Gasteiger partial charge in [-0.2, -0.15) is 0 Å². The van der Waals surface area contributed by atoms with E-state index in [9.17, 15) is 4.79 Å². The minimum atomic E-state index is -0.350. The van der Waals surface area contributed by atoms with Crippen molar-refractivity contribution in [3.63, 3.8) is 0 Å². The molecule has 3 heteroatoms. The van der Waals surface area contributed by atoms with Gasteiger partial charge in [0.15, 0.2) is 0 Å². The first kappa shape index (κ1) is 17.0. The second-order valence-electron chi connectivity index (χ2n) is 6.47.